The van der Waals surface area contributed by atoms with Crippen molar-refractivity contribution in [1.29, 1.82) is 0 Å². The van der Waals surface area contributed by atoms with Gasteiger partial charge in [-0.15, -0.1) is 12.4 Å². The number of benzene rings is 1. The van der Waals surface area contributed by atoms with E-state index in [0.29, 0.717) is 5.56 Å². The standard InChI is InChI=1S/C17H22N4O.ClH/c1-12-10-13(2)21(20-12)16-7-5-14(6-8-16)17(22)19-15-4-3-9-18-11-15;/h5-8,10,15,18H,3-4,9,11H2,1-2H3,(H,19,22);1H/t15-;/m0./s1. The van der Waals surface area contributed by atoms with E-state index in [-0.39, 0.29) is 24.4 Å². The van der Waals surface area contributed by atoms with Gasteiger partial charge in [-0.1, -0.05) is 0 Å². The third kappa shape index (κ3) is 4.12. The van der Waals surface area contributed by atoms with Gasteiger partial charge in [-0.05, 0) is 63.6 Å². The molecule has 0 radical (unpaired) electrons. The summed E-state index contributed by atoms with van der Waals surface area (Å²) in [5.41, 5.74) is 3.74. The van der Waals surface area contributed by atoms with Gasteiger partial charge in [0.05, 0.1) is 11.4 Å². The minimum Gasteiger partial charge on any atom is -0.348 e. The highest BCUT2D eigenvalue weighted by molar-refractivity contribution is 5.94. The maximum atomic E-state index is 12.3. The molecular formula is C17H23ClN4O. The topological polar surface area (TPSA) is 59.0 Å². The van der Waals surface area contributed by atoms with Gasteiger partial charge in [0.2, 0.25) is 0 Å². The van der Waals surface area contributed by atoms with Gasteiger partial charge in [0.15, 0.2) is 0 Å². The minimum absolute atomic E-state index is 0. The zero-order chi connectivity index (χ0) is 15.5. The molecule has 1 aliphatic rings. The van der Waals surface area contributed by atoms with Gasteiger partial charge < -0.3 is 10.6 Å². The molecule has 1 aromatic heterocycles. The van der Waals surface area contributed by atoms with E-state index in [1.807, 2.05) is 48.9 Å². The molecule has 5 nitrogen and oxygen atoms in total. The molecule has 1 fully saturated rings. The predicted octanol–water partition coefficient (Wildman–Crippen LogP) is 2.39. The number of nitrogens with zero attached hydrogens (tertiary/aromatic N) is 2. The van der Waals surface area contributed by atoms with Crippen molar-refractivity contribution in [3.8, 4) is 5.69 Å². The summed E-state index contributed by atoms with van der Waals surface area (Å²) in [4.78, 5) is 12.3. The normalized spacial score (nSPS) is 17.4. The molecule has 2 N–H and O–H groups in total. The Kier molecular flexibility index (Phi) is 5.80. The number of carbonyl (C=O) groups is 1. The summed E-state index contributed by atoms with van der Waals surface area (Å²) < 4.78 is 1.89. The van der Waals surface area contributed by atoms with Gasteiger partial charge in [-0.2, -0.15) is 5.10 Å². The fourth-order valence-electron chi connectivity index (χ4n) is 2.89. The molecular weight excluding hydrogens is 312 g/mol. The monoisotopic (exact) mass is 334 g/mol. The van der Waals surface area contributed by atoms with Crippen LogP contribution in [0.15, 0.2) is 30.3 Å². The summed E-state index contributed by atoms with van der Waals surface area (Å²) >= 11 is 0. The molecule has 0 saturated carbocycles. The quantitative estimate of drug-likeness (QED) is 0.906. The van der Waals surface area contributed by atoms with Crippen LogP contribution in [0.25, 0.3) is 5.69 Å². The van der Waals surface area contributed by atoms with Crippen molar-refractivity contribution >= 4 is 18.3 Å². The number of hydrogen-bond acceptors (Lipinski definition) is 3. The minimum atomic E-state index is -0.00591. The zero-order valence-electron chi connectivity index (χ0n) is 13.5. The molecule has 2 heterocycles. The number of aromatic nitrogens is 2. The average molecular weight is 335 g/mol. The molecule has 3 rings (SSSR count). The summed E-state index contributed by atoms with van der Waals surface area (Å²) in [6.45, 7) is 5.90. The second-order valence-electron chi connectivity index (χ2n) is 5.90. The van der Waals surface area contributed by atoms with E-state index >= 15 is 0 Å². The first-order valence-electron chi connectivity index (χ1n) is 7.79. The van der Waals surface area contributed by atoms with Crippen LogP contribution in [0, 0.1) is 13.8 Å². The Balaban J connectivity index is 0.00000192. The van der Waals surface area contributed by atoms with Crippen LogP contribution in [-0.2, 0) is 0 Å². The Bertz CT molecular complexity index is 660. The van der Waals surface area contributed by atoms with E-state index in [9.17, 15) is 4.79 Å². The van der Waals surface area contributed by atoms with Crippen molar-refractivity contribution in [1.82, 2.24) is 20.4 Å². The average Bonchev–Trinajstić information content (AvgIpc) is 2.87. The summed E-state index contributed by atoms with van der Waals surface area (Å²) in [6, 6.07) is 9.86. The molecule has 23 heavy (non-hydrogen) atoms. The van der Waals surface area contributed by atoms with Gasteiger partial charge in [0, 0.05) is 23.8 Å². The molecule has 0 spiro atoms. The van der Waals surface area contributed by atoms with Gasteiger partial charge in [-0.3, -0.25) is 4.79 Å². The van der Waals surface area contributed by atoms with Crippen LogP contribution < -0.4 is 10.6 Å². The van der Waals surface area contributed by atoms with E-state index in [0.717, 1.165) is 43.0 Å². The van der Waals surface area contributed by atoms with Crippen LogP contribution >= 0.6 is 12.4 Å². The number of aryl methyl sites for hydroxylation is 2. The first-order valence-corrected chi connectivity index (χ1v) is 7.79. The van der Waals surface area contributed by atoms with Crippen LogP contribution in [-0.4, -0.2) is 34.8 Å². The van der Waals surface area contributed by atoms with E-state index in [1.165, 1.54) is 0 Å². The van der Waals surface area contributed by atoms with E-state index in [2.05, 4.69) is 15.7 Å². The van der Waals surface area contributed by atoms with Crippen molar-refractivity contribution in [2.45, 2.75) is 32.7 Å². The molecule has 1 amide bonds. The number of halogens is 1. The Hall–Kier alpha value is -1.85. The van der Waals surface area contributed by atoms with Crippen molar-refractivity contribution in [3.63, 3.8) is 0 Å². The maximum Gasteiger partial charge on any atom is 0.251 e. The molecule has 1 atom stereocenters. The van der Waals surface area contributed by atoms with Crippen LogP contribution in [0.5, 0.6) is 0 Å². The summed E-state index contributed by atoms with van der Waals surface area (Å²) in [5.74, 6) is -0.00591. The second kappa shape index (κ2) is 7.62. The Morgan fingerprint density at radius 2 is 2.04 bits per heavy atom. The number of hydrogen-bond donors (Lipinski definition) is 2. The molecule has 1 aromatic carbocycles. The van der Waals surface area contributed by atoms with Crippen molar-refractivity contribution in [3.05, 3.63) is 47.3 Å². The zero-order valence-corrected chi connectivity index (χ0v) is 14.3. The third-order valence-electron chi connectivity index (χ3n) is 4.02. The van der Waals surface area contributed by atoms with Gasteiger partial charge >= 0.3 is 0 Å². The van der Waals surface area contributed by atoms with Crippen LogP contribution in [0.3, 0.4) is 0 Å². The fraction of sp³-hybridized carbons (Fsp3) is 0.412. The number of piperidine rings is 1. The lowest BCUT2D eigenvalue weighted by Crippen LogP contribution is -2.45. The summed E-state index contributed by atoms with van der Waals surface area (Å²) in [6.07, 6.45) is 2.16. The maximum absolute atomic E-state index is 12.3. The number of rotatable bonds is 3. The molecule has 2 aromatic rings. The third-order valence-corrected chi connectivity index (χ3v) is 4.02. The van der Waals surface area contributed by atoms with Crippen LogP contribution in [0.1, 0.15) is 34.6 Å². The SMILES string of the molecule is Cc1cc(C)n(-c2ccc(C(=O)N[C@H]3CCCNC3)cc2)n1.Cl. The number of amides is 1. The first kappa shape index (κ1) is 17.5. The van der Waals surface area contributed by atoms with Gasteiger partial charge in [0.25, 0.3) is 5.91 Å². The molecule has 1 aliphatic heterocycles. The van der Waals surface area contributed by atoms with Crippen LogP contribution in [0.2, 0.25) is 0 Å². The second-order valence-corrected chi connectivity index (χ2v) is 5.90. The van der Waals surface area contributed by atoms with E-state index in [1.54, 1.807) is 0 Å². The lowest BCUT2D eigenvalue weighted by atomic mass is 10.1. The fourth-order valence-corrected chi connectivity index (χ4v) is 2.89. The highest BCUT2D eigenvalue weighted by atomic mass is 35.5. The Morgan fingerprint density at radius 3 is 2.61 bits per heavy atom. The Labute approximate surface area is 142 Å². The van der Waals surface area contributed by atoms with Crippen molar-refractivity contribution in [2.24, 2.45) is 0 Å². The molecule has 0 bridgehead atoms. The van der Waals surface area contributed by atoms with Crippen LogP contribution in [0.4, 0.5) is 0 Å². The highest BCUT2D eigenvalue weighted by Crippen LogP contribution is 2.13. The number of nitrogens with one attached hydrogen (secondary N) is 2. The lowest BCUT2D eigenvalue weighted by Gasteiger charge is -2.23. The first-order chi connectivity index (χ1) is 10.6. The molecule has 0 unspecified atom stereocenters. The van der Waals surface area contributed by atoms with Crippen molar-refractivity contribution < 1.29 is 4.79 Å². The molecule has 124 valence electrons. The predicted molar refractivity (Wildman–Crippen MR) is 93.6 cm³/mol. The largest absolute Gasteiger partial charge is 0.348 e. The van der Waals surface area contributed by atoms with Gasteiger partial charge in [-0.25, -0.2) is 4.68 Å². The molecule has 1 saturated heterocycles. The lowest BCUT2D eigenvalue weighted by molar-refractivity contribution is 0.0930. The van der Waals surface area contributed by atoms with Gasteiger partial charge in [0.1, 0.15) is 0 Å². The van der Waals surface area contributed by atoms with Crippen molar-refractivity contribution in [2.75, 3.05) is 13.1 Å². The van der Waals surface area contributed by atoms with E-state index in [4.69, 9.17) is 0 Å². The molecule has 6 heteroatoms. The Morgan fingerprint density at radius 1 is 1.30 bits per heavy atom. The van der Waals surface area contributed by atoms with E-state index < -0.39 is 0 Å². The summed E-state index contributed by atoms with van der Waals surface area (Å²) in [7, 11) is 0. The molecule has 0 aliphatic carbocycles. The highest BCUT2D eigenvalue weighted by Gasteiger charge is 2.16. The number of carbonyl (C=O) groups excluding carboxylic acids is 1. The smallest absolute Gasteiger partial charge is 0.251 e. The summed E-state index contributed by atoms with van der Waals surface area (Å²) in [5, 5.41) is 10.8.